The van der Waals surface area contributed by atoms with Crippen LogP contribution < -0.4 is 10.2 Å². The molecule has 7 heteroatoms. The number of quaternary nitrogens is 1. The van der Waals surface area contributed by atoms with Crippen LogP contribution >= 0.6 is 35.4 Å². The molecule has 2 rings (SSSR count). The molecule has 122 valence electrons. The molecule has 0 unspecified atom stereocenters. The van der Waals surface area contributed by atoms with Gasteiger partial charge in [0, 0.05) is 13.6 Å². The van der Waals surface area contributed by atoms with E-state index in [-0.39, 0.29) is 0 Å². The van der Waals surface area contributed by atoms with Gasteiger partial charge < -0.3 is 19.9 Å². The van der Waals surface area contributed by atoms with Gasteiger partial charge in [0.25, 0.3) is 0 Å². The zero-order valence-electron chi connectivity index (χ0n) is 12.7. The Labute approximate surface area is 147 Å². The van der Waals surface area contributed by atoms with Crippen molar-refractivity contribution in [3.8, 4) is 0 Å². The predicted octanol–water partition coefficient (Wildman–Crippen LogP) is 1.21. The van der Waals surface area contributed by atoms with Crippen LogP contribution in [0.1, 0.15) is 5.56 Å². The lowest BCUT2D eigenvalue weighted by atomic mass is 10.2. The molecule has 2 N–H and O–H groups in total. The number of morpholine rings is 1. The van der Waals surface area contributed by atoms with E-state index < -0.39 is 0 Å². The first-order valence-electron chi connectivity index (χ1n) is 7.41. The molecule has 0 aliphatic carbocycles. The molecule has 22 heavy (non-hydrogen) atoms. The zero-order chi connectivity index (χ0) is 15.9. The summed E-state index contributed by atoms with van der Waals surface area (Å²) in [5.74, 6) is 0. The predicted molar refractivity (Wildman–Crippen MR) is 94.9 cm³/mol. The second-order valence-electron chi connectivity index (χ2n) is 5.41. The topological polar surface area (TPSA) is 28.9 Å². The standard InChI is InChI=1S/C15H21Cl2N3OS/c1-19(11-12-3-2-4-13(16)14(12)17)15(22)18-5-6-20-7-9-21-10-8-20/h2-4H,5-11H2,1H3,(H,18,22)/p+1. The molecule has 0 saturated carbocycles. The number of nitrogens with one attached hydrogen (secondary N) is 2. The van der Waals surface area contributed by atoms with E-state index in [4.69, 9.17) is 40.2 Å². The van der Waals surface area contributed by atoms with Gasteiger partial charge in [-0.15, -0.1) is 0 Å². The molecule has 1 aromatic rings. The Balaban J connectivity index is 1.75. The van der Waals surface area contributed by atoms with Crippen molar-refractivity contribution in [1.29, 1.82) is 0 Å². The van der Waals surface area contributed by atoms with Gasteiger partial charge in [0.05, 0.1) is 36.3 Å². The van der Waals surface area contributed by atoms with Crippen LogP contribution in [-0.4, -0.2) is 56.5 Å². The fourth-order valence-electron chi connectivity index (χ4n) is 2.39. The van der Waals surface area contributed by atoms with Crippen LogP contribution in [0.5, 0.6) is 0 Å². The molecule has 0 atom stereocenters. The minimum Gasteiger partial charge on any atom is -0.370 e. The third kappa shape index (κ3) is 5.25. The normalized spacial score (nSPS) is 15.6. The monoisotopic (exact) mass is 362 g/mol. The van der Waals surface area contributed by atoms with Crippen molar-refractivity contribution in [3.63, 3.8) is 0 Å². The van der Waals surface area contributed by atoms with E-state index in [2.05, 4.69) is 5.32 Å². The average Bonchev–Trinajstić information content (AvgIpc) is 2.52. The highest BCUT2D eigenvalue weighted by atomic mass is 35.5. The molecule has 0 amide bonds. The number of benzene rings is 1. The molecule has 1 aliphatic rings. The number of hydrogen-bond donors (Lipinski definition) is 2. The Morgan fingerprint density at radius 2 is 2.09 bits per heavy atom. The summed E-state index contributed by atoms with van der Waals surface area (Å²) in [4.78, 5) is 3.53. The number of halogens is 2. The molecule has 0 spiro atoms. The lowest BCUT2D eigenvalue weighted by Gasteiger charge is -2.25. The van der Waals surface area contributed by atoms with Crippen LogP contribution in [0.25, 0.3) is 0 Å². The SMILES string of the molecule is CN(Cc1cccc(Cl)c1Cl)C(=S)NCC[NH+]1CCOCC1. The second kappa shape index (κ2) is 8.89. The molecule has 1 heterocycles. The van der Waals surface area contributed by atoms with Crippen molar-refractivity contribution in [2.45, 2.75) is 6.54 Å². The summed E-state index contributed by atoms with van der Waals surface area (Å²) < 4.78 is 5.35. The van der Waals surface area contributed by atoms with Crippen molar-refractivity contribution in [2.75, 3.05) is 46.4 Å². The van der Waals surface area contributed by atoms with Gasteiger partial charge in [-0.05, 0) is 23.8 Å². The van der Waals surface area contributed by atoms with Crippen LogP contribution in [0.3, 0.4) is 0 Å². The zero-order valence-corrected chi connectivity index (χ0v) is 15.0. The highest BCUT2D eigenvalue weighted by Crippen LogP contribution is 2.26. The van der Waals surface area contributed by atoms with E-state index in [1.165, 1.54) is 0 Å². The lowest BCUT2D eigenvalue weighted by Crippen LogP contribution is -3.14. The summed E-state index contributed by atoms with van der Waals surface area (Å²) in [5, 5.41) is 5.20. The molecule has 1 fully saturated rings. The van der Waals surface area contributed by atoms with Crippen LogP contribution in [0.4, 0.5) is 0 Å². The Morgan fingerprint density at radius 1 is 1.36 bits per heavy atom. The number of hydrogen-bond acceptors (Lipinski definition) is 2. The molecule has 0 bridgehead atoms. The summed E-state index contributed by atoms with van der Waals surface area (Å²) in [6, 6.07) is 5.65. The van der Waals surface area contributed by atoms with Crippen molar-refractivity contribution in [3.05, 3.63) is 33.8 Å². The minimum atomic E-state index is 0.572. The van der Waals surface area contributed by atoms with Gasteiger partial charge in [0.2, 0.25) is 0 Å². The van der Waals surface area contributed by atoms with E-state index in [0.29, 0.717) is 16.6 Å². The summed E-state index contributed by atoms with van der Waals surface area (Å²) >= 11 is 17.7. The maximum Gasteiger partial charge on any atom is 0.169 e. The first-order valence-corrected chi connectivity index (χ1v) is 8.57. The van der Waals surface area contributed by atoms with Gasteiger partial charge >= 0.3 is 0 Å². The number of nitrogens with zero attached hydrogens (tertiary/aromatic N) is 1. The van der Waals surface area contributed by atoms with Crippen LogP contribution in [0, 0.1) is 0 Å². The summed E-state index contributed by atoms with van der Waals surface area (Å²) in [6.45, 7) is 6.40. The molecule has 1 saturated heterocycles. The number of ether oxygens (including phenoxy) is 1. The van der Waals surface area contributed by atoms with Gasteiger partial charge in [-0.25, -0.2) is 0 Å². The van der Waals surface area contributed by atoms with E-state index in [0.717, 1.165) is 50.1 Å². The van der Waals surface area contributed by atoms with Gasteiger partial charge in [0.15, 0.2) is 5.11 Å². The maximum absolute atomic E-state index is 6.21. The third-order valence-corrected chi connectivity index (χ3v) is 5.05. The van der Waals surface area contributed by atoms with E-state index in [9.17, 15) is 0 Å². The Kier molecular flexibility index (Phi) is 7.18. The average molecular weight is 363 g/mol. The van der Waals surface area contributed by atoms with Crippen molar-refractivity contribution in [2.24, 2.45) is 0 Å². The highest BCUT2D eigenvalue weighted by Gasteiger charge is 2.14. The largest absolute Gasteiger partial charge is 0.370 e. The minimum absolute atomic E-state index is 0.572. The summed E-state index contributed by atoms with van der Waals surface area (Å²) in [7, 11) is 1.95. The number of rotatable bonds is 5. The first-order chi connectivity index (χ1) is 10.6. The fourth-order valence-corrected chi connectivity index (χ4v) is 2.94. The van der Waals surface area contributed by atoms with Crippen molar-refractivity contribution in [1.82, 2.24) is 10.2 Å². The number of thiocarbonyl (C=S) groups is 1. The van der Waals surface area contributed by atoms with Crippen molar-refractivity contribution < 1.29 is 9.64 Å². The first kappa shape index (κ1) is 17.8. The van der Waals surface area contributed by atoms with E-state index in [1.807, 2.05) is 24.1 Å². The van der Waals surface area contributed by atoms with E-state index in [1.54, 1.807) is 11.0 Å². The maximum atomic E-state index is 6.21. The smallest absolute Gasteiger partial charge is 0.169 e. The Bertz CT molecular complexity index is 510. The quantitative estimate of drug-likeness (QED) is 0.770. The van der Waals surface area contributed by atoms with Crippen LogP contribution in [-0.2, 0) is 11.3 Å². The molecule has 0 radical (unpaired) electrons. The molecular formula is C15H22Cl2N3OS+. The Morgan fingerprint density at radius 3 is 2.82 bits per heavy atom. The van der Waals surface area contributed by atoms with Crippen LogP contribution in [0.2, 0.25) is 10.0 Å². The Hall–Kier alpha value is -0.590. The summed E-state index contributed by atoms with van der Waals surface area (Å²) in [5.41, 5.74) is 0.972. The van der Waals surface area contributed by atoms with Gasteiger partial charge in [-0.1, -0.05) is 35.3 Å². The fraction of sp³-hybridized carbons (Fsp3) is 0.533. The van der Waals surface area contributed by atoms with Crippen LogP contribution in [0.15, 0.2) is 18.2 Å². The van der Waals surface area contributed by atoms with Gasteiger partial charge in [-0.2, -0.15) is 0 Å². The summed E-state index contributed by atoms with van der Waals surface area (Å²) in [6.07, 6.45) is 0. The van der Waals surface area contributed by atoms with E-state index >= 15 is 0 Å². The van der Waals surface area contributed by atoms with Gasteiger partial charge in [-0.3, -0.25) is 0 Å². The molecule has 0 aromatic heterocycles. The lowest BCUT2D eigenvalue weighted by molar-refractivity contribution is -0.906. The molecule has 4 nitrogen and oxygen atoms in total. The van der Waals surface area contributed by atoms with Gasteiger partial charge in [0.1, 0.15) is 13.1 Å². The van der Waals surface area contributed by atoms with Crippen molar-refractivity contribution >= 4 is 40.5 Å². The second-order valence-corrected chi connectivity index (χ2v) is 6.59. The highest BCUT2D eigenvalue weighted by molar-refractivity contribution is 7.80. The third-order valence-electron chi connectivity index (χ3n) is 3.74. The molecule has 1 aromatic carbocycles. The molecular weight excluding hydrogens is 341 g/mol. The molecule has 1 aliphatic heterocycles.